The van der Waals surface area contributed by atoms with Gasteiger partial charge >= 0.3 is 0 Å². The molecule has 2 N–H and O–H groups in total. The number of nitrogens with two attached hydrogens (primary N) is 1. The molecular weight excluding hydrogens is 178 g/mol. The third-order valence-corrected chi connectivity index (χ3v) is 2.19. The van der Waals surface area contributed by atoms with Crippen LogP contribution in [0, 0.1) is 0 Å². The minimum Gasteiger partial charge on any atom is -0.449 e. The molecule has 0 bridgehead atoms. The van der Waals surface area contributed by atoms with Crippen molar-refractivity contribution in [3.05, 3.63) is 24.3 Å². The SMILES string of the molecule is CC(N)CC1(C)Oc2ccccc2O1. The first-order valence-electron chi connectivity index (χ1n) is 4.82. The largest absolute Gasteiger partial charge is 0.449 e. The van der Waals surface area contributed by atoms with Gasteiger partial charge in [-0.1, -0.05) is 12.1 Å². The molecular formula is C11H15NO2. The molecule has 1 aromatic carbocycles. The first-order valence-corrected chi connectivity index (χ1v) is 4.82. The topological polar surface area (TPSA) is 44.5 Å². The molecule has 0 amide bonds. The second-order valence-electron chi connectivity index (χ2n) is 3.97. The predicted octanol–water partition coefficient (Wildman–Crippen LogP) is 1.91. The summed E-state index contributed by atoms with van der Waals surface area (Å²) >= 11 is 0. The Morgan fingerprint density at radius 3 is 2.21 bits per heavy atom. The van der Waals surface area contributed by atoms with E-state index < -0.39 is 5.79 Å². The monoisotopic (exact) mass is 193 g/mol. The lowest BCUT2D eigenvalue weighted by atomic mass is 10.1. The van der Waals surface area contributed by atoms with Crippen LogP contribution < -0.4 is 15.2 Å². The second-order valence-corrected chi connectivity index (χ2v) is 3.97. The summed E-state index contributed by atoms with van der Waals surface area (Å²) in [7, 11) is 0. The van der Waals surface area contributed by atoms with Crippen molar-refractivity contribution >= 4 is 0 Å². The Morgan fingerprint density at radius 2 is 1.79 bits per heavy atom. The fourth-order valence-electron chi connectivity index (χ4n) is 1.77. The van der Waals surface area contributed by atoms with Crippen LogP contribution in [0.3, 0.4) is 0 Å². The minimum absolute atomic E-state index is 0.0642. The first-order chi connectivity index (χ1) is 6.59. The zero-order chi connectivity index (χ0) is 10.2. The van der Waals surface area contributed by atoms with Crippen LogP contribution in [0.2, 0.25) is 0 Å². The van der Waals surface area contributed by atoms with Gasteiger partial charge in [0.25, 0.3) is 0 Å². The van der Waals surface area contributed by atoms with E-state index in [-0.39, 0.29) is 6.04 Å². The number of ether oxygens (including phenoxy) is 2. The third kappa shape index (κ3) is 1.68. The van der Waals surface area contributed by atoms with E-state index >= 15 is 0 Å². The van der Waals surface area contributed by atoms with Gasteiger partial charge in [0, 0.05) is 19.4 Å². The van der Waals surface area contributed by atoms with E-state index in [0.717, 1.165) is 11.5 Å². The average Bonchev–Trinajstić information content (AvgIpc) is 2.38. The molecule has 76 valence electrons. The van der Waals surface area contributed by atoms with Crippen molar-refractivity contribution in [3.8, 4) is 11.5 Å². The Hall–Kier alpha value is -1.22. The smallest absolute Gasteiger partial charge is 0.250 e. The molecule has 1 aliphatic rings. The molecule has 3 heteroatoms. The first kappa shape index (κ1) is 9.34. The molecule has 2 rings (SSSR count). The Labute approximate surface area is 83.8 Å². The second kappa shape index (κ2) is 3.17. The van der Waals surface area contributed by atoms with Gasteiger partial charge in [0.2, 0.25) is 5.79 Å². The Balaban J connectivity index is 2.17. The van der Waals surface area contributed by atoms with Gasteiger partial charge in [-0.15, -0.1) is 0 Å². The van der Waals surface area contributed by atoms with Gasteiger partial charge in [-0.2, -0.15) is 0 Å². The van der Waals surface area contributed by atoms with E-state index in [4.69, 9.17) is 15.2 Å². The molecule has 1 unspecified atom stereocenters. The molecule has 1 aromatic rings. The van der Waals surface area contributed by atoms with E-state index in [2.05, 4.69) is 0 Å². The lowest BCUT2D eigenvalue weighted by Gasteiger charge is -2.24. The molecule has 1 aliphatic heterocycles. The maximum Gasteiger partial charge on any atom is 0.250 e. The number of hydrogen-bond acceptors (Lipinski definition) is 3. The van der Waals surface area contributed by atoms with Crippen molar-refractivity contribution in [1.82, 2.24) is 0 Å². The number of fused-ring (bicyclic) bond motifs is 1. The normalized spacial score (nSPS) is 19.4. The van der Waals surface area contributed by atoms with Gasteiger partial charge in [0.1, 0.15) is 0 Å². The standard InChI is InChI=1S/C11H15NO2/c1-8(12)7-11(2)13-9-5-3-4-6-10(9)14-11/h3-6,8H,7,12H2,1-2H3. The van der Waals surface area contributed by atoms with Crippen LogP contribution in [0.4, 0.5) is 0 Å². The number of rotatable bonds is 2. The number of para-hydroxylation sites is 2. The van der Waals surface area contributed by atoms with Crippen LogP contribution in [0.1, 0.15) is 20.3 Å². The Bertz CT molecular complexity index is 311. The van der Waals surface area contributed by atoms with E-state index in [0.29, 0.717) is 6.42 Å². The molecule has 1 heterocycles. The van der Waals surface area contributed by atoms with Gasteiger partial charge in [-0.3, -0.25) is 0 Å². The molecule has 0 saturated carbocycles. The molecule has 0 radical (unpaired) electrons. The summed E-state index contributed by atoms with van der Waals surface area (Å²) in [6, 6.07) is 7.73. The maximum absolute atomic E-state index is 5.73. The molecule has 0 aliphatic carbocycles. The summed E-state index contributed by atoms with van der Waals surface area (Å²) in [5, 5.41) is 0. The van der Waals surface area contributed by atoms with E-state index in [1.807, 2.05) is 38.1 Å². The highest BCUT2D eigenvalue weighted by Crippen LogP contribution is 2.40. The molecule has 0 saturated heterocycles. The van der Waals surface area contributed by atoms with Crippen LogP contribution in [-0.4, -0.2) is 11.8 Å². The summed E-state index contributed by atoms with van der Waals surface area (Å²) in [5.74, 6) is 1.00. The van der Waals surface area contributed by atoms with Gasteiger partial charge in [-0.05, 0) is 19.1 Å². The van der Waals surface area contributed by atoms with Crippen molar-refractivity contribution in [2.24, 2.45) is 5.73 Å². The van der Waals surface area contributed by atoms with Gasteiger partial charge < -0.3 is 15.2 Å². The van der Waals surface area contributed by atoms with Crippen molar-refractivity contribution in [2.75, 3.05) is 0 Å². The van der Waals surface area contributed by atoms with E-state index in [1.165, 1.54) is 0 Å². The Morgan fingerprint density at radius 1 is 1.29 bits per heavy atom. The molecule has 3 nitrogen and oxygen atoms in total. The van der Waals surface area contributed by atoms with Gasteiger partial charge in [-0.25, -0.2) is 0 Å². The molecule has 14 heavy (non-hydrogen) atoms. The summed E-state index contributed by atoms with van der Waals surface area (Å²) in [6.45, 7) is 3.86. The van der Waals surface area contributed by atoms with Crippen LogP contribution in [0.5, 0.6) is 11.5 Å². The van der Waals surface area contributed by atoms with Crippen LogP contribution in [0.15, 0.2) is 24.3 Å². The lowest BCUT2D eigenvalue weighted by molar-refractivity contribution is -0.0713. The van der Waals surface area contributed by atoms with Crippen LogP contribution in [-0.2, 0) is 0 Å². The average molecular weight is 193 g/mol. The van der Waals surface area contributed by atoms with E-state index in [9.17, 15) is 0 Å². The fourth-order valence-corrected chi connectivity index (χ4v) is 1.77. The highest BCUT2D eigenvalue weighted by molar-refractivity contribution is 5.42. The number of hydrogen-bond donors (Lipinski definition) is 1. The van der Waals surface area contributed by atoms with Crippen molar-refractivity contribution in [2.45, 2.75) is 32.1 Å². The fraction of sp³-hybridized carbons (Fsp3) is 0.455. The zero-order valence-electron chi connectivity index (χ0n) is 8.49. The van der Waals surface area contributed by atoms with Crippen molar-refractivity contribution < 1.29 is 9.47 Å². The summed E-state index contributed by atoms with van der Waals surface area (Å²) < 4.78 is 11.4. The molecule has 0 aromatic heterocycles. The van der Waals surface area contributed by atoms with E-state index in [1.54, 1.807) is 0 Å². The molecule has 0 fully saturated rings. The van der Waals surface area contributed by atoms with Gasteiger partial charge in [0.15, 0.2) is 11.5 Å². The summed E-state index contributed by atoms with van der Waals surface area (Å²) in [6.07, 6.45) is 0.682. The van der Waals surface area contributed by atoms with Gasteiger partial charge in [0.05, 0.1) is 0 Å². The summed E-state index contributed by atoms with van der Waals surface area (Å²) in [4.78, 5) is 0. The van der Waals surface area contributed by atoms with Crippen LogP contribution >= 0.6 is 0 Å². The number of benzene rings is 1. The van der Waals surface area contributed by atoms with Crippen molar-refractivity contribution in [3.63, 3.8) is 0 Å². The molecule has 0 spiro atoms. The third-order valence-electron chi connectivity index (χ3n) is 2.19. The highest BCUT2D eigenvalue weighted by atomic mass is 16.7. The predicted molar refractivity (Wildman–Crippen MR) is 54.4 cm³/mol. The van der Waals surface area contributed by atoms with Crippen LogP contribution in [0.25, 0.3) is 0 Å². The lowest BCUT2D eigenvalue weighted by Crippen LogP contribution is -2.40. The van der Waals surface area contributed by atoms with Crippen molar-refractivity contribution in [1.29, 1.82) is 0 Å². The maximum atomic E-state index is 5.73. The quantitative estimate of drug-likeness (QED) is 0.780. The highest BCUT2D eigenvalue weighted by Gasteiger charge is 2.37. The minimum atomic E-state index is -0.599. The zero-order valence-corrected chi connectivity index (χ0v) is 8.49. The Kier molecular flexibility index (Phi) is 2.11. The summed E-state index contributed by atoms with van der Waals surface area (Å²) in [5.41, 5.74) is 5.73. The molecule has 1 atom stereocenters.